The zero-order valence-corrected chi connectivity index (χ0v) is 19.3. The summed E-state index contributed by atoms with van der Waals surface area (Å²) in [6.45, 7) is 6.03. The van der Waals surface area contributed by atoms with Crippen LogP contribution in [0.1, 0.15) is 50.2 Å². The first kappa shape index (κ1) is 21.7. The van der Waals surface area contributed by atoms with Gasteiger partial charge in [-0.25, -0.2) is 0 Å². The number of ether oxygens (including phenoxy) is 1. The first-order chi connectivity index (χ1) is 15.1. The fraction of sp³-hybridized carbons (Fsp3) is 0.600. The Morgan fingerprint density at radius 1 is 1.32 bits per heavy atom. The zero-order valence-electron chi connectivity index (χ0n) is 19.3. The number of nitrogens with one attached hydrogen (secondary N) is 1. The number of likely N-dealkylation sites (tertiary alicyclic amines) is 1. The molecule has 0 amide bonds. The van der Waals surface area contributed by atoms with Crippen LogP contribution in [-0.2, 0) is 18.9 Å². The number of nitrogens with zero attached hydrogens (tertiary/aromatic N) is 4. The lowest BCUT2D eigenvalue weighted by Crippen LogP contribution is -2.41. The molecule has 1 unspecified atom stereocenters. The van der Waals surface area contributed by atoms with E-state index in [1.807, 2.05) is 24.0 Å². The monoisotopic (exact) mass is 423 g/mol. The predicted molar refractivity (Wildman–Crippen MR) is 126 cm³/mol. The Bertz CT molecular complexity index is 884. The first-order valence-electron chi connectivity index (χ1n) is 11.8. The van der Waals surface area contributed by atoms with Gasteiger partial charge in [-0.1, -0.05) is 25.0 Å². The summed E-state index contributed by atoms with van der Waals surface area (Å²) in [6.07, 6.45) is 11.4. The summed E-state index contributed by atoms with van der Waals surface area (Å²) in [6, 6.07) is 8.63. The van der Waals surface area contributed by atoms with Crippen molar-refractivity contribution in [3.63, 3.8) is 0 Å². The number of aliphatic imine (C=N–C) groups is 1. The Morgan fingerprint density at radius 2 is 2.16 bits per heavy atom. The van der Waals surface area contributed by atoms with Crippen molar-refractivity contribution in [2.45, 2.75) is 50.9 Å². The molecule has 6 heteroatoms. The van der Waals surface area contributed by atoms with E-state index in [1.54, 1.807) is 7.11 Å². The lowest BCUT2D eigenvalue weighted by Gasteiger charge is -2.30. The van der Waals surface area contributed by atoms with Gasteiger partial charge < -0.3 is 15.0 Å². The summed E-state index contributed by atoms with van der Waals surface area (Å²) in [4.78, 5) is 7.66. The molecule has 168 valence electrons. The Labute approximate surface area is 186 Å². The van der Waals surface area contributed by atoms with E-state index in [0.717, 1.165) is 44.3 Å². The van der Waals surface area contributed by atoms with Gasteiger partial charge in [0.15, 0.2) is 5.96 Å². The molecule has 31 heavy (non-hydrogen) atoms. The average molecular weight is 424 g/mol. The van der Waals surface area contributed by atoms with Crippen LogP contribution in [0.15, 0.2) is 41.7 Å². The molecule has 0 spiro atoms. The number of aromatic nitrogens is 2. The second-order valence-electron chi connectivity index (χ2n) is 9.22. The highest BCUT2D eigenvalue weighted by molar-refractivity contribution is 5.80. The number of benzene rings is 1. The third kappa shape index (κ3) is 5.05. The number of hydrogen-bond donors (Lipinski definition) is 1. The molecule has 2 heterocycles. The summed E-state index contributed by atoms with van der Waals surface area (Å²) in [5, 5.41) is 7.89. The maximum Gasteiger partial charge on any atom is 0.193 e. The first-order valence-corrected chi connectivity index (χ1v) is 11.8. The average Bonchev–Trinajstić information content (AvgIpc) is 3.54. The highest BCUT2D eigenvalue weighted by Crippen LogP contribution is 2.42. The molecule has 2 fully saturated rings. The van der Waals surface area contributed by atoms with Crippen LogP contribution >= 0.6 is 0 Å². The van der Waals surface area contributed by atoms with Crippen molar-refractivity contribution in [3.05, 3.63) is 47.8 Å². The third-order valence-corrected chi connectivity index (χ3v) is 6.98. The van der Waals surface area contributed by atoms with E-state index in [0.29, 0.717) is 5.92 Å². The van der Waals surface area contributed by atoms with Gasteiger partial charge in [0.05, 0.1) is 19.9 Å². The van der Waals surface area contributed by atoms with Gasteiger partial charge in [-0.2, -0.15) is 5.10 Å². The molecule has 1 aromatic heterocycles. The number of guanidine groups is 1. The largest absolute Gasteiger partial charge is 0.497 e. The SMILES string of the molecule is CCNC(=NCC1(c2cccc(OC)c2)CCCC1)N1CCC(Cc2cnn(C)c2)C1. The fourth-order valence-electron chi connectivity index (χ4n) is 5.30. The van der Waals surface area contributed by atoms with Gasteiger partial charge in [0, 0.05) is 38.3 Å². The summed E-state index contributed by atoms with van der Waals surface area (Å²) in [5.74, 6) is 2.68. The normalized spacial score (nSPS) is 20.9. The van der Waals surface area contributed by atoms with Crippen LogP contribution in [0.4, 0.5) is 0 Å². The molecule has 1 N–H and O–H groups in total. The summed E-state index contributed by atoms with van der Waals surface area (Å²) in [5.41, 5.74) is 2.84. The molecule has 1 aliphatic carbocycles. The minimum absolute atomic E-state index is 0.129. The topological polar surface area (TPSA) is 54.7 Å². The molecule has 1 aromatic carbocycles. The van der Waals surface area contributed by atoms with Crippen molar-refractivity contribution in [3.8, 4) is 5.75 Å². The minimum Gasteiger partial charge on any atom is -0.497 e. The maximum absolute atomic E-state index is 5.50. The van der Waals surface area contributed by atoms with Crippen LogP contribution in [0.5, 0.6) is 5.75 Å². The quantitative estimate of drug-likeness (QED) is 0.544. The standard InChI is InChI=1S/C25H37N5O/c1-4-26-24(30-13-10-20(18-30)14-21-16-28-29(2)17-21)27-19-25(11-5-6-12-25)22-8-7-9-23(15-22)31-3/h7-9,15-17,20H,4-6,10-14,18-19H2,1-3H3,(H,26,27). The molecule has 4 rings (SSSR count). The fourth-order valence-corrected chi connectivity index (χ4v) is 5.30. The van der Waals surface area contributed by atoms with Gasteiger partial charge in [0.1, 0.15) is 5.75 Å². The van der Waals surface area contributed by atoms with Crippen molar-refractivity contribution in [2.75, 3.05) is 33.3 Å². The van der Waals surface area contributed by atoms with Gasteiger partial charge in [0.25, 0.3) is 0 Å². The Kier molecular flexibility index (Phi) is 6.83. The molecule has 1 aliphatic heterocycles. The number of aryl methyl sites for hydroxylation is 1. The van der Waals surface area contributed by atoms with E-state index in [-0.39, 0.29) is 5.41 Å². The maximum atomic E-state index is 5.50. The third-order valence-electron chi connectivity index (χ3n) is 6.98. The lowest BCUT2D eigenvalue weighted by molar-refractivity contribution is 0.406. The lowest BCUT2D eigenvalue weighted by atomic mass is 9.79. The van der Waals surface area contributed by atoms with E-state index in [9.17, 15) is 0 Å². The summed E-state index contributed by atoms with van der Waals surface area (Å²) in [7, 11) is 3.73. The van der Waals surface area contributed by atoms with Gasteiger partial charge in [-0.05, 0) is 61.8 Å². The van der Waals surface area contributed by atoms with Crippen molar-refractivity contribution in [1.29, 1.82) is 0 Å². The van der Waals surface area contributed by atoms with Crippen molar-refractivity contribution in [2.24, 2.45) is 18.0 Å². The second-order valence-corrected chi connectivity index (χ2v) is 9.22. The number of rotatable bonds is 7. The number of methoxy groups -OCH3 is 1. The van der Waals surface area contributed by atoms with Crippen LogP contribution in [0.2, 0.25) is 0 Å². The van der Waals surface area contributed by atoms with Crippen molar-refractivity contribution in [1.82, 2.24) is 20.0 Å². The Balaban J connectivity index is 1.47. The molecule has 1 atom stereocenters. The van der Waals surface area contributed by atoms with Crippen molar-refractivity contribution >= 4 is 5.96 Å². The van der Waals surface area contributed by atoms with Crippen LogP contribution in [0.3, 0.4) is 0 Å². The highest BCUT2D eigenvalue weighted by Gasteiger charge is 2.36. The van der Waals surface area contributed by atoms with E-state index in [4.69, 9.17) is 9.73 Å². The van der Waals surface area contributed by atoms with Crippen LogP contribution < -0.4 is 10.1 Å². The molecule has 2 aromatic rings. The molecular formula is C25H37N5O. The Hall–Kier alpha value is -2.50. The predicted octanol–water partition coefficient (Wildman–Crippen LogP) is 3.77. The van der Waals surface area contributed by atoms with E-state index in [2.05, 4.69) is 46.6 Å². The zero-order chi connectivity index (χ0) is 21.7. The number of hydrogen-bond acceptors (Lipinski definition) is 3. The summed E-state index contributed by atoms with van der Waals surface area (Å²) >= 11 is 0. The molecule has 1 saturated carbocycles. The van der Waals surface area contributed by atoms with Crippen LogP contribution in [-0.4, -0.2) is 53.9 Å². The van der Waals surface area contributed by atoms with E-state index in [1.165, 1.54) is 43.2 Å². The molecule has 2 aliphatic rings. The minimum atomic E-state index is 0.129. The molecule has 1 saturated heterocycles. The molecule has 0 radical (unpaired) electrons. The Morgan fingerprint density at radius 3 is 2.87 bits per heavy atom. The molecule has 0 bridgehead atoms. The van der Waals surface area contributed by atoms with Gasteiger partial charge in [0.2, 0.25) is 0 Å². The molecular weight excluding hydrogens is 386 g/mol. The van der Waals surface area contributed by atoms with E-state index < -0.39 is 0 Å². The van der Waals surface area contributed by atoms with Gasteiger partial charge >= 0.3 is 0 Å². The van der Waals surface area contributed by atoms with E-state index >= 15 is 0 Å². The van der Waals surface area contributed by atoms with Gasteiger partial charge in [-0.15, -0.1) is 0 Å². The van der Waals surface area contributed by atoms with Crippen LogP contribution in [0.25, 0.3) is 0 Å². The molecule has 6 nitrogen and oxygen atoms in total. The highest BCUT2D eigenvalue weighted by atomic mass is 16.5. The van der Waals surface area contributed by atoms with Crippen molar-refractivity contribution < 1.29 is 4.74 Å². The second kappa shape index (κ2) is 9.75. The summed E-state index contributed by atoms with van der Waals surface area (Å²) < 4.78 is 7.40. The van der Waals surface area contributed by atoms with Gasteiger partial charge in [-0.3, -0.25) is 9.67 Å². The van der Waals surface area contributed by atoms with Crippen LogP contribution in [0, 0.1) is 5.92 Å². The smallest absolute Gasteiger partial charge is 0.193 e.